The Hall–Kier alpha value is -1.06. The number of carbonyl (C=O) groups excluding carboxylic acids is 1. The van der Waals surface area contributed by atoms with Crippen molar-refractivity contribution in [3.8, 4) is 0 Å². The van der Waals surface area contributed by atoms with Crippen LogP contribution in [-0.4, -0.2) is 23.0 Å². The molecule has 0 radical (unpaired) electrons. The highest BCUT2D eigenvalue weighted by Crippen LogP contribution is 2.31. The first-order valence-corrected chi connectivity index (χ1v) is 5.59. The van der Waals surface area contributed by atoms with Gasteiger partial charge in [0.05, 0.1) is 0 Å². The first kappa shape index (κ1) is 12.0. The first-order chi connectivity index (χ1) is 7.06. The second kappa shape index (κ2) is 5.14. The predicted molar refractivity (Wildman–Crippen MR) is 56.4 cm³/mol. The Kier molecular flexibility index (Phi) is 4.12. The number of hydrogen-bond donors (Lipinski definition) is 2. The van der Waals surface area contributed by atoms with Crippen molar-refractivity contribution in [2.75, 3.05) is 0 Å². The third-order valence-electron chi connectivity index (χ3n) is 3.22. The summed E-state index contributed by atoms with van der Waals surface area (Å²) in [6.07, 6.45) is 3.47. The van der Waals surface area contributed by atoms with Crippen molar-refractivity contribution in [2.45, 2.75) is 45.6 Å². The molecule has 1 aliphatic carbocycles. The number of amides is 1. The Morgan fingerprint density at radius 1 is 1.47 bits per heavy atom. The summed E-state index contributed by atoms with van der Waals surface area (Å²) in [7, 11) is 0. The van der Waals surface area contributed by atoms with Crippen LogP contribution < -0.4 is 5.32 Å². The van der Waals surface area contributed by atoms with E-state index < -0.39 is 12.0 Å². The largest absolute Gasteiger partial charge is 0.480 e. The van der Waals surface area contributed by atoms with E-state index in [1.165, 1.54) is 0 Å². The summed E-state index contributed by atoms with van der Waals surface area (Å²) in [6, 6.07) is -0.731. The Labute approximate surface area is 90.0 Å². The molecule has 0 heterocycles. The molecule has 4 heteroatoms. The molecule has 0 aromatic rings. The zero-order valence-corrected chi connectivity index (χ0v) is 9.32. The lowest BCUT2D eigenvalue weighted by atomic mass is 9.97. The van der Waals surface area contributed by atoms with Crippen molar-refractivity contribution in [1.82, 2.24) is 5.32 Å². The van der Waals surface area contributed by atoms with Crippen LogP contribution in [-0.2, 0) is 9.59 Å². The Bertz CT molecular complexity index is 252. The van der Waals surface area contributed by atoms with Gasteiger partial charge in [-0.3, -0.25) is 4.79 Å². The minimum atomic E-state index is -0.948. The van der Waals surface area contributed by atoms with Crippen molar-refractivity contribution >= 4 is 11.9 Å². The molecular formula is C11H19NO3. The van der Waals surface area contributed by atoms with Crippen molar-refractivity contribution in [2.24, 2.45) is 11.8 Å². The molecule has 1 rings (SSSR count). The highest BCUT2D eigenvalue weighted by atomic mass is 16.4. The molecule has 1 saturated carbocycles. The maximum absolute atomic E-state index is 11.8. The number of carboxylic acids is 1. The van der Waals surface area contributed by atoms with E-state index in [1.54, 1.807) is 6.92 Å². The van der Waals surface area contributed by atoms with E-state index in [-0.39, 0.29) is 11.8 Å². The Morgan fingerprint density at radius 2 is 2.13 bits per heavy atom. The number of rotatable bonds is 4. The van der Waals surface area contributed by atoms with E-state index in [9.17, 15) is 9.59 Å². The van der Waals surface area contributed by atoms with Crippen LogP contribution in [0.2, 0.25) is 0 Å². The van der Waals surface area contributed by atoms with Gasteiger partial charge in [-0.1, -0.05) is 20.3 Å². The van der Waals surface area contributed by atoms with Crippen LogP contribution in [0.3, 0.4) is 0 Å². The molecule has 0 aliphatic heterocycles. The molecule has 0 saturated heterocycles. The fraction of sp³-hybridized carbons (Fsp3) is 0.818. The molecule has 0 spiro atoms. The van der Waals surface area contributed by atoms with Crippen LogP contribution in [0.5, 0.6) is 0 Å². The maximum Gasteiger partial charge on any atom is 0.326 e. The van der Waals surface area contributed by atoms with Crippen molar-refractivity contribution < 1.29 is 14.7 Å². The molecule has 0 bridgehead atoms. The molecule has 3 unspecified atom stereocenters. The fourth-order valence-corrected chi connectivity index (χ4v) is 2.15. The van der Waals surface area contributed by atoms with Gasteiger partial charge in [-0.2, -0.15) is 0 Å². The monoisotopic (exact) mass is 213 g/mol. The van der Waals surface area contributed by atoms with E-state index in [0.717, 1.165) is 19.3 Å². The zero-order valence-electron chi connectivity index (χ0n) is 9.32. The van der Waals surface area contributed by atoms with Gasteiger partial charge in [-0.25, -0.2) is 4.79 Å². The van der Waals surface area contributed by atoms with Gasteiger partial charge in [0.2, 0.25) is 5.91 Å². The van der Waals surface area contributed by atoms with Gasteiger partial charge in [-0.05, 0) is 25.2 Å². The van der Waals surface area contributed by atoms with E-state index in [4.69, 9.17) is 5.11 Å². The standard InChI is InChI=1S/C11H19NO3/c1-3-9(11(14)15)12-10(13)8-6-4-5-7(8)2/h7-9H,3-6H2,1-2H3,(H,12,13)(H,14,15). The van der Waals surface area contributed by atoms with Crippen molar-refractivity contribution in [1.29, 1.82) is 0 Å². The SMILES string of the molecule is CCC(NC(=O)C1CCCC1C)C(=O)O. The molecule has 3 atom stereocenters. The summed E-state index contributed by atoms with van der Waals surface area (Å²) < 4.78 is 0. The molecule has 1 amide bonds. The summed E-state index contributed by atoms with van der Waals surface area (Å²) in [5, 5.41) is 11.4. The van der Waals surface area contributed by atoms with E-state index in [0.29, 0.717) is 12.3 Å². The van der Waals surface area contributed by atoms with Crippen LogP contribution in [0.15, 0.2) is 0 Å². The smallest absolute Gasteiger partial charge is 0.326 e. The number of aliphatic carboxylic acids is 1. The average molecular weight is 213 g/mol. The van der Waals surface area contributed by atoms with Crippen LogP contribution in [0.1, 0.15) is 39.5 Å². The molecule has 1 fully saturated rings. The van der Waals surface area contributed by atoms with Gasteiger partial charge in [-0.15, -0.1) is 0 Å². The topological polar surface area (TPSA) is 66.4 Å². The van der Waals surface area contributed by atoms with Crippen LogP contribution in [0, 0.1) is 11.8 Å². The second-order valence-corrected chi connectivity index (χ2v) is 4.32. The lowest BCUT2D eigenvalue weighted by Crippen LogP contribution is -2.43. The van der Waals surface area contributed by atoms with Gasteiger partial charge in [0, 0.05) is 5.92 Å². The number of carboxylic acid groups (broad SMARTS) is 1. The molecular weight excluding hydrogens is 194 g/mol. The highest BCUT2D eigenvalue weighted by Gasteiger charge is 2.31. The summed E-state index contributed by atoms with van der Waals surface area (Å²) in [6.45, 7) is 3.82. The molecule has 2 N–H and O–H groups in total. The fourth-order valence-electron chi connectivity index (χ4n) is 2.15. The van der Waals surface area contributed by atoms with Crippen LogP contribution >= 0.6 is 0 Å². The summed E-state index contributed by atoms with van der Waals surface area (Å²) in [5.74, 6) is -0.638. The molecule has 0 aromatic carbocycles. The normalized spacial score (nSPS) is 27.3. The molecule has 0 aromatic heterocycles. The summed E-state index contributed by atoms with van der Waals surface area (Å²) >= 11 is 0. The average Bonchev–Trinajstić information content (AvgIpc) is 2.60. The van der Waals surface area contributed by atoms with E-state index in [2.05, 4.69) is 12.2 Å². The van der Waals surface area contributed by atoms with Gasteiger partial charge in [0.1, 0.15) is 6.04 Å². The predicted octanol–water partition coefficient (Wildman–Crippen LogP) is 1.40. The minimum Gasteiger partial charge on any atom is -0.480 e. The molecule has 86 valence electrons. The van der Waals surface area contributed by atoms with Gasteiger partial charge < -0.3 is 10.4 Å². The number of carbonyl (C=O) groups is 2. The molecule has 4 nitrogen and oxygen atoms in total. The van der Waals surface area contributed by atoms with Crippen molar-refractivity contribution in [3.63, 3.8) is 0 Å². The Morgan fingerprint density at radius 3 is 2.53 bits per heavy atom. The van der Waals surface area contributed by atoms with E-state index >= 15 is 0 Å². The first-order valence-electron chi connectivity index (χ1n) is 5.59. The van der Waals surface area contributed by atoms with Crippen molar-refractivity contribution in [3.05, 3.63) is 0 Å². The number of nitrogens with one attached hydrogen (secondary N) is 1. The highest BCUT2D eigenvalue weighted by molar-refractivity contribution is 5.85. The van der Waals surface area contributed by atoms with Gasteiger partial charge in [0.15, 0.2) is 0 Å². The quantitative estimate of drug-likeness (QED) is 0.741. The Balaban J connectivity index is 2.50. The maximum atomic E-state index is 11.8. The second-order valence-electron chi connectivity index (χ2n) is 4.32. The molecule has 15 heavy (non-hydrogen) atoms. The molecule has 1 aliphatic rings. The minimum absolute atomic E-state index is 0.0124. The zero-order chi connectivity index (χ0) is 11.4. The van der Waals surface area contributed by atoms with Crippen LogP contribution in [0.4, 0.5) is 0 Å². The third-order valence-corrected chi connectivity index (χ3v) is 3.22. The van der Waals surface area contributed by atoms with E-state index in [1.807, 2.05) is 0 Å². The van der Waals surface area contributed by atoms with Crippen LogP contribution in [0.25, 0.3) is 0 Å². The van der Waals surface area contributed by atoms with Gasteiger partial charge in [0.25, 0.3) is 0 Å². The van der Waals surface area contributed by atoms with Gasteiger partial charge >= 0.3 is 5.97 Å². The number of hydrogen-bond acceptors (Lipinski definition) is 2. The summed E-state index contributed by atoms with van der Waals surface area (Å²) in [4.78, 5) is 22.5. The lowest BCUT2D eigenvalue weighted by Gasteiger charge is -2.18. The summed E-state index contributed by atoms with van der Waals surface area (Å²) in [5.41, 5.74) is 0. The third kappa shape index (κ3) is 2.94. The lowest BCUT2D eigenvalue weighted by molar-refractivity contribution is -0.142.